The van der Waals surface area contributed by atoms with E-state index in [-0.39, 0.29) is 5.69 Å². The normalized spacial score (nSPS) is 9.92. The first-order chi connectivity index (χ1) is 12.2. The molecule has 0 saturated carbocycles. The number of hydrogen-bond acceptors (Lipinski definition) is 5. The highest BCUT2D eigenvalue weighted by Crippen LogP contribution is 2.23. The van der Waals surface area contributed by atoms with Crippen molar-refractivity contribution in [3.05, 3.63) is 77.2 Å². The lowest BCUT2D eigenvalue weighted by atomic mass is 10.2. The molecule has 0 aliphatic carbocycles. The van der Waals surface area contributed by atoms with Gasteiger partial charge in [-0.15, -0.1) is 0 Å². The van der Waals surface area contributed by atoms with E-state index in [2.05, 4.69) is 20.6 Å². The molecule has 0 bridgehead atoms. The molecule has 25 heavy (non-hydrogen) atoms. The Morgan fingerprint density at radius 3 is 2.40 bits per heavy atom. The lowest BCUT2D eigenvalue weighted by Gasteiger charge is -2.08. The van der Waals surface area contributed by atoms with Crippen LogP contribution < -0.4 is 10.6 Å². The van der Waals surface area contributed by atoms with Gasteiger partial charge in [-0.05, 0) is 24.3 Å². The number of amides is 1. The topological polar surface area (TPSA) is 90.7 Å². The third-order valence-electron chi connectivity index (χ3n) is 3.32. The number of rotatable bonds is 4. The zero-order chi connectivity index (χ0) is 17.6. The Labute approximate surface area is 149 Å². The van der Waals surface area contributed by atoms with Crippen LogP contribution in [0.1, 0.15) is 16.1 Å². The van der Waals surface area contributed by atoms with Crippen molar-refractivity contribution in [1.29, 1.82) is 5.26 Å². The molecule has 3 aromatic rings. The van der Waals surface area contributed by atoms with Crippen LogP contribution in [0.4, 0.5) is 17.2 Å². The molecule has 0 fully saturated rings. The lowest BCUT2D eigenvalue weighted by molar-refractivity contribution is 0.102. The summed E-state index contributed by atoms with van der Waals surface area (Å²) in [4.78, 5) is 20.5. The highest BCUT2D eigenvalue weighted by Gasteiger charge is 2.11. The number of nitriles is 1. The fourth-order valence-corrected chi connectivity index (χ4v) is 2.27. The minimum Gasteiger partial charge on any atom is -0.338 e. The maximum atomic E-state index is 12.2. The van der Waals surface area contributed by atoms with Gasteiger partial charge in [-0.2, -0.15) is 5.26 Å². The van der Waals surface area contributed by atoms with Crippen LogP contribution in [-0.2, 0) is 0 Å². The van der Waals surface area contributed by atoms with E-state index in [0.717, 1.165) is 0 Å². The van der Waals surface area contributed by atoms with Gasteiger partial charge in [-0.3, -0.25) is 4.79 Å². The smallest absolute Gasteiger partial charge is 0.275 e. The minimum absolute atomic E-state index is 0.137. The Hall–Kier alpha value is -3.43. The molecule has 0 unspecified atom stereocenters. The monoisotopic (exact) mass is 349 g/mol. The first-order valence-electron chi connectivity index (χ1n) is 7.31. The molecule has 2 N–H and O–H groups in total. The second kappa shape index (κ2) is 7.43. The molecule has 122 valence electrons. The van der Waals surface area contributed by atoms with E-state index in [1.165, 1.54) is 12.4 Å². The number of benzene rings is 2. The van der Waals surface area contributed by atoms with Crippen LogP contribution in [0.25, 0.3) is 0 Å². The summed E-state index contributed by atoms with van der Waals surface area (Å²) in [5.74, 6) is 0.0153. The predicted octanol–water partition coefficient (Wildman–Crippen LogP) is 4.00. The molecule has 1 aromatic heterocycles. The molecular weight excluding hydrogens is 338 g/mol. The standard InChI is InChI=1S/C18H12ClN5O/c19-13-6-2-4-8-15(13)23-17-11-21-16(10-22-17)18(25)24-14-7-3-1-5-12(14)9-20/h1-8,10-11H,(H,22,23)(H,24,25). The van der Waals surface area contributed by atoms with Gasteiger partial charge in [-0.25, -0.2) is 9.97 Å². The van der Waals surface area contributed by atoms with Gasteiger partial charge in [0.05, 0.1) is 34.4 Å². The van der Waals surface area contributed by atoms with E-state index in [1.54, 1.807) is 30.3 Å². The quantitative estimate of drug-likeness (QED) is 0.743. The number of carbonyl (C=O) groups excluding carboxylic acids is 1. The summed E-state index contributed by atoms with van der Waals surface area (Å²) in [6, 6.07) is 16.0. The van der Waals surface area contributed by atoms with Gasteiger partial charge in [-0.1, -0.05) is 35.9 Å². The minimum atomic E-state index is -0.445. The van der Waals surface area contributed by atoms with Gasteiger partial charge in [0.2, 0.25) is 0 Å². The van der Waals surface area contributed by atoms with E-state index in [0.29, 0.717) is 27.8 Å². The molecule has 6 nitrogen and oxygen atoms in total. The van der Waals surface area contributed by atoms with Crippen molar-refractivity contribution in [2.45, 2.75) is 0 Å². The number of halogens is 1. The molecule has 1 heterocycles. The first-order valence-corrected chi connectivity index (χ1v) is 7.69. The fourth-order valence-electron chi connectivity index (χ4n) is 2.09. The van der Waals surface area contributed by atoms with Gasteiger partial charge < -0.3 is 10.6 Å². The number of nitrogens with zero attached hydrogens (tertiary/aromatic N) is 3. The van der Waals surface area contributed by atoms with E-state index >= 15 is 0 Å². The number of nitrogens with one attached hydrogen (secondary N) is 2. The third-order valence-corrected chi connectivity index (χ3v) is 3.65. The molecule has 3 rings (SSSR count). The lowest BCUT2D eigenvalue weighted by Crippen LogP contribution is -2.15. The van der Waals surface area contributed by atoms with Gasteiger partial charge in [0, 0.05) is 0 Å². The van der Waals surface area contributed by atoms with Crippen LogP contribution in [-0.4, -0.2) is 15.9 Å². The van der Waals surface area contributed by atoms with Crippen molar-refractivity contribution < 1.29 is 4.79 Å². The number of anilines is 3. The molecule has 0 radical (unpaired) electrons. The zero-order valence-corrected chi connectivity index (χ0v) is 13.7. The molecule has 2 aromatic carbocycles. The number of hydrogen-bond donors (Lipinski definition) is 2. The molecule has 0 aliphatic heterocycles. The van der Waals surface area contributed by atoms with E-state index in [1.807, 2.05) is 24.3 Å². The van der Waals surface area contributed by atoms with Crippen molar-refractivity contribution in [3.63, 3.8) is 0 Å². The van der Waals surface area contributed by atoms with E-state index in [9.17, 15) is 4.79 Å². The van der Waals surface area contributed by atoms with Crippen molar-refractivity contribution in [2.24, 2.45) is 0 Å². The SMILES string of the molecule is N#Cc1ccccc1NC(=O)c1cnc(Nc2ccccc2Cl)cn1. The Morgan fingerprint density at radius 2 is 1.72 bits per heavy atom. The van der Waals surface area contributed by atoms with Crippen LogP contribution in [0.15, 0.2) is 60.9 Å². The maximum absolute atomic E-state index is 12.2. The maximum Gasteiger partial charge on any atom is 0.275 e. The largest absolute Gasteiger partial charge is 0.338 e. The molecule has 0 aliphatic rings. The molecule has 0 saturated heterocycles. The Bertz CT molecular complexity index is 950. The fraction of sp³-hybridized carbons (Fsp3) is 0. The number of aromatic nitrogens is 2. The van der Waals surface area contributed by atoms with Crippen LogP contribution in [0.5, 0.6) is 0 Å². The van der Waals surface area contributed by atoms with Gasteiger partial charge in [0.15, 0.2) is 0 Å². The molecular formula is C18H12ClN5O. The van der Waals surface area contributed by atoms with Crippen LogP contribution >= 0.6 is 11.6 Å². The number of carbonyl (C=O) groups is 1. The molecule has 7 heteroatoms. The predicted molar refractivity (Wildman–Crippen MR) is 95.9 cm³/mol. The highest BCUT2D eigenvalue weighted by atomic mass is 35.5. The highest BCUT2D eigenvalue weighted by molar-refractivity contribution is 6.33. The van der Waals surface area contributed by atoms with Gasteiger partial charge >= 0.3 is 0 Å². The molecule has 1 amide bonds. The van der Waals surface area contributed by atoms with Crippen LogP contribution in [0, 0.1) is 11.3 Å². The zero-order valence-electron chi connectivity index (χ0n) is 12.9. The summed E-state index contributed by atoms with van der Waals surface area (Å²) in [6.45, 7) is 0. The van der Waals surface area contributed by atoms with Gasteiger partial charge in [0.25, 0.3) is 5.91 Å². The number of para-hydroxylation sites is 2. The van der Waals surface area contributed by atoms with E-state index in [4.69, 9.17) is 16.9 Å². The summed E-state index contributed by atoms with van der Waals surface area (Å²) in [6.07, 6.45) is 2.79. The van der Waals surface area contributed by atoms with Crippen LogP contribution in [0.3, 0.4) is 0 Å². The molecule has 0 atom stereocenters. The first kappa shape index (κ1) is 16.4. The second-order valence-electron chi connectivity index (χ2n) is 5.00. The Kier molecular flexibility index (Phi) is 4.88. The second-order valence-corrected chi connectivity index (χ2v) is 5.41. The summed E-state index contributed by atoms with van der Waals surface area (Å²) < 4.78 is 0. The van der Waals surface area contributed by atoms with Crippen molar-refractivity contribution in [3.8, 4) is 6.07 Å². The molecule has 0 spiro atoms. The summed E-state index contributed by atoms with van der Waals surface area (Å²) in [5.41, 5.74) is 1.63. The summed E-state index contributed by atoms with van der Waals surface area (Å²) in [7, 11) is 0. The van der Waals surface area contributed by atoms with Crippen molar-refractivity contribution >= 4 is 34.7 Å². The van der Waals surface area contributed by atoms with Crippen molar-refractivity contribution in [1.82, 2.24) is 9.97 Å². The van der Waals surface area contributed by atoms with Crippen LogP contribution in [0.2, 0.25) is 5.02 Å². The third kappa shape index (κ3) is 3.91. The summed E-state index contributed by atoms with van der Waals surface area (Å²) >= 11 is 6.07. The van der Waals surface area contributed by atoms with E-state index < -0.39 is 5.91 Å². The Balaban J connectivity index is 1.73. The average Bonchev–Trinajstić information content (AvgIpc) is 2.64. The van der Waals surface area contributed by atoms with Gasteiger partial charge in [0.1, 0.15) is 17.6 Å². The Morgan fingerprint density at radius 1 is 1.00 bits per heavy atom. The summed E-state index contributed by atoms with van der Waals surface area (Å²) in [5, 5.41) is 15.3. The van der Waals surface area contributed by atoms with Crippen molar-refractivity contribution in [2.75, 3.05) is 10.6 Å². The average molecular weight is 350 g/mol.